The number of nitrogens with zero attached hydrogens (tertiary/aromatic N) is 4. The Hall–Kier alpha value is -1.91. The summed E-state index contributed by atoms with van der Waals surface area (Å²) in [7, 11) is -3.66. The number of hydrogen-bond donors (Lipinski definition) is 0. The Morgan fingerprint density at radius 2 is 1.81 bits per heavy atom. The zero-order valence-electron chi connectivity index (χ0n) is 13.3. The highest BCUT2D eigenvalue weighted by atomic mass is 35.5. The number of alkyl halides is 3. The second-order valence-corrected chi connectivity index (χ2v) is 7.95. The first-order valence-corrected chi connectivity index (χ1v) is 9.39. The van der Waals surface area contributed by atoms with Gasteiger partial charge in [0.25, 0.3) is 0 Å². The number of anilines is 1. The zero-order valence-corrected chi connectivity index (χ0v) is 14.9. The van der Waals surface area contributed by atoms with Crippen LogP contribution in [0.15, 0.2) is 41.7 Å². The van der Waals surface area contributed by atoms with Gasteiger partial charge >= 0.3 is 6.18 Å². The minimum Gasteiger partial charge on any atom is -0.353 e. The Morgan fingerprint density at radius 1 is 1.12 bits per heavy atom. The van der Waals surface area contributed by atoms with Crippen LogP contribution in [0.4, 0.5) is 19.0 Å². The van der Waals surface area contributed by atoms with Crippen LogP contribution in [0.5, 0.6) is 0 Å². The van der Waals surface area contributed by atoms with Crippen molar-refractivity contribution in [2.45, 2.75) is 11.1 Å². The molecule has 3 rings (SSSR count). The third-order valence-electron chi connectivity index (χ3n) is 3.96. The quantitative estimate of drug-likeness (QED) is 0.784. The van der Waals surface area contributed by atoms with Gasteiger partial charge in [-0.1, -0.05) is 11.6 Å². The van der Waals surface area contributed by atoms with Gasteiger partial charge in [0.15, 0.2) is 0 Å². The number of rotatable bonds is 3. The van der Waals surface area contributed by atoms with Gasteiger partial charge in [0.1, 0.15) is 10.7 Å². The number of pyridine rings is 2. The van der Waals surface area contributed by atoms with Crippen molar-refractivity contribution >= 4 is 27.4 Å². The largest absolute Gasteiger partial charge is 0.417 e. The monoisotopic (exact) mass is 406 g/mol. The van der Waals surface area contributed by atoms with Gasteiger partial charge in [-0.15, -0.1) is 0 Å². The summed E-state index contributed by atoms with van der Waals surface area (Å²) < 4.78 is 64.5. The molecule has 1 aliphatic rings. The first-order valence-electron chi connectivity index (χ1n) is 7.57. The van der Waals surface area contributed by atoms with Crippen LogP contribution in [-0.4, -0.2) is 48.9 Å². The van der Waals surface area contributed by atoms with Crippen molar-refractivity contribution in [3.05, 3.63) is 47.4 Å². The summed E-state index contributed by atoms with van der Waals surface area (Å²) in [5, 5.41) is -0.122. The molecule has 0 amide bonds. The van der Waals surface area contributed by atoms with Crippen molar-refractivity contribution in [2.24, 2.45) is 0 Å². The van der Waals surface area contributed by atoms with Crippen LogP contribution in [0.2, 0.25) is 5.02 Å². The molecule has 2 aromatic rings. The number of hydrogen-bond acceptors (Lipinski definition) is 5. The van der Waals surface area contributed by atoms with Gasteiger partial charge in [-0.3, -0.25) is 4.98 Å². The van der Waals surface area contributed by atoms with Crippen LogP contribution in [0.1, 0.15) is 5.56 Å². The Balaban J connectivity index is 1.73. The summed E-state index contributed by atoms with van der Waals surface area (Å²) in [4.78, 5) is 9.38. The zero-order chi connectivity index (χ0) is 18.9. The predicted molar refractivity (Wildman–Crippen MR) is 89.5 cm³/mol. The highest BCUT2D eigenvalue weighted by Gasteiger charge is 2.33. The third-order valence-corrected chi connectivity index (χ3v) is 6.12. The minimum atomic E-state index is -4.52. The first kappa shape index (κ1) is 18.9. The molecular formula is C15H14ClF3N4O2S. The molecular weight excluding hydrogens is 393 g/mol. The highest BCUT2D eigenvalue weighted by molar-refractivity contribution is 7.89. The van der Waals surface area contributed by atoms with E-state index in [1.165, 1.54) is 28.8 Å². The Bertz CT molecular complexity index is 886. The first-order chi connectivity index (χ1) is 12.2. The van der Waals surface area contributed by atoms with E-state index in [4.69, 9.17) is 11.6 Å². The normalized spacial score (nSPS) is 16.7. The fourth-order valence-electron chi connectivity index (χ4n) is 2.61. The van der Waals surface area contributed by atoms with Crippen molar-refractivity contribution in [1.29, 1.82) is 0 Å². The molecule has 3 heterocycles. The fraction of sp³-hybridized carbons (Fsp3) is 0.333. The van der Waals surface area contributed by atoms with Crippen molar-refractivity contribution in [2.75, 3.05) is 31.1 Å². The van der Waals surface area contributed by atoms with Gasteiger partial charge in [0, 0.05) is 44.8 Å². The van der Waals surface area contributed by atoms with E-state index < -0.39 is 21.8 Å². The van der Waals surface area contributed by atoms with E-state index in [1.807, 2.05) is 0 Å². The van der Waals surface area contributed by atoms with Gasteiger partial charge in [-0.05, 0) is 18.2 Å². The standard InChI is InChI=1S/C15H14ClF3N4O2S/c16-13-8-11(15(17,18)19)9-21-14(13)22-4-6-23(7-5-22)26(24,25)12-2-1-3-20-10-12/h1-3,8-10H,4-7H2. The van der Waals surface area contributed by atoms with Gasteiger partial charge in [-0.25, -0.2) is 13.4 Å². The van der Waals surface area contributed by atoms with Crippen molar-refractivity contribution in [3.8, 4) is 0 Å². The topological polar surface area (TPSA) is 66.4 Å². The molecule has 0 unspecified atom stereocenters. The molecule has 1 fully saturated rings. The summed E-state index contributed by atoms with van der Waals surface area (Å²) in [6.07, 6.45) is -1.04. The Morgan fingerprint density at radius 3 is 2.35 bits per heavy atom. The second-order valence-electron chi connectivity index (χ2n) is 5.61. The maximum Gasteiger partial charge on any atom is 0.417 e. The maximum absolute atomic E-state index is 12.7. The average molecular weight is 407 g/mol. The van der Waals surface area contributed by atoms with Crippen molar-refractivity contribution in [3.63, 3.8) is 0 Å². The van der Waals surface area contributed by atoms with E-state index in [-0.39, 0.29) is 41.9 Å². The van der Waals surface area contributed by atoms with Gasteiger partial charge in [0.2, 0.25) is 10.0 Å². The number of sulfonamides is 1. The molecule has 0 atom stereocenters. The van der Waals surface area contributed by atoms with Crippen LogP contribution in [0.3, 0.4) is 0 Å². The van der Waals surface area contributed by atoms with Crippen LogP contribution in [0.25, 0.3) is 0 Å². The molecule has 11 heteroatoms. The summed E-state index contributed by atoms with van der Waals surface area (Å²) in [5.41, 5.74) is -0.927. The molecule has 0 aromatic carbocycles. The van der Waals surface area contributed by atoms with Gasteiger partial charge < -0.3 is 4.90 Å². The molecule has 0 saturated carbocycles. The van der Waals surface area contributed by atoms with E-state index in [0.717, 1.165) is 12.3 Å². The summed E-state index contributed by atoms with van der Waals surface area (Å²) in [6, 6.07) is 3.82. The molecule has 2 aromatic heterocycles. The van der Waals surface area contributed by atoms with Crippen molar-refractivity contribution in [1.82, 2.24) is 14.3 Å². The van der Waals surface area contributed by atoms with Crippen LogP contribution >= 0.6 is 11.6 Å². The summed E-state index contributed by atoms with van der Waals surface area (Å²) >= 11 is 5.95. The lowest BCUT2D eigenvalue weighted by molar-refractivity contribution is -0.137. The van der Waals surface area contributed by atoms with E-state index >= 15 is 0 Å². The van der Waals surface area contributed by atoms with E-state index in [0.29, 0.717) is 0 Å². The molecule has 26 heavy (non-hydrogen) atoms. The molecule has 1 aliphatic heterocycles. The molecule has 0 spiro atoms. The fourth-order valence-corrected chi connectivity index (χ4v) is 4.28. The summed E-state index contributed by atoms with van der Waals surface area (Å²) in [5.74, 6) is 0.207. The SMILES string of the molecule is O=S(=O)(c1cccnc1)N1CCN(c2ncc(C(F)(F)F)cc2Cl)CC1. The number of aromatic nitrogens is 2. The number of halogens is 4. The van der Waals surface area contributed by atoms with Gasteiger partial charge in [-0.2, -0.15) is 17.5 Å². The van der Waals surface area contributed by atoms with E-state index in [2.05, 4.69) is 9.97 Å². The molecule has 1 saturated heterocycles. The van der Waals surface area contributed by atoms with E-state index in [9.17, 15) is 21.6 Å². The average Bonchev–Trinajstić information content (AvgIpc) is 2.62. The molecule has 0 bridgehead atoms. The third kappa shape index (κ3) is 3.76. The molecule has 0 radical (unpaired) electrons. The van der Waals surface area contributed by atoms with Crippen LogP contribution < -0.4 is 4.90 Å². The lowest BCUT2D eigenvalue weighted by atomic mass is 10.2. The van der Waals surface area contributed by atoms with Crippen molar-refractivity contribution < 1.29 is 21.6 Å². The lowest BCUT2D eigenvalue weighted by Crippen LogP contribution is -2.49. The predicted octanol–water partition coefficient (Wildman–Crippen LogP) is 2.66. The molecule has 0 aliphatic carbocycles. The summed E-state index contributed by atoms with van der Waals surface area (Å²) in [6.45, 7) is 0.849. The van der Waals surface area contributed by atoms with Crippen LogP contribution in [0, 0.1) is 0 Å². The molecule has 0 N–H and O–H groups in total. The highest BCUT2D eigenvalue weighted by Crippen LogP contribution is 2.34. The lowest BCUT2D eigenvalue weighted by Gasteiger charge is -2.35. The second kappa shape index (κ2) is 7.01. The smallest absolute Gasteiger partial charge is 0.353 e. The number of piperazine rings is 1. The maximum atomic E-state index is 12.7. The Labute approximate surface area is 153 Å². The minimum absolute atomic E-state index is 0.0964. The van der Waals surface area contributed by atoms with Gasteiger partial charge in [0.05, 0.1) is 10.6 Å². The van der Waals surface area contributed by atoms with Crippen LogP contribution in [-0.2, 0) is 16.2 Å². The Kier molecular flexibility index (Phi) is 5.09. The molecule has 140 valence electrons. The molecule has 6 nitrogen and oxygen atoms in total. The van der Waals surface area contributed by atoms with E-state index in [1.54, 1.807) is 4.90 Å².